The van der Waals surface area contributed by atoms with Crippen LogP contribution in [-0.4, -0.2) is 16.2 Å². The van der Waals surface area contributed by atoms with E-state index in [0.717, 1.165) is 30.9 Å². The summed E-state index contributed by atoms with van der Waals surface area (Å²) in [6.07, 6.45) is 4.44. The Morgan fingerprint density at radius 2 is 1.83 bits per heavy atom. The second-order valence-electron chi connectivity index (χ2n) is 7.22. The summed E-state index contributed by atoms with van der Waals surface area (Å²) in [5.41, 5.74) is 3.75. The molecule has 0 atom stereocenters. The molecule has 0 radical (unpaired) electrons. The first-order chi connectivity index (χ1) is 14.6. The first-order valence-electron chi connectivity index (χ1n) is 9.58. The summed E-state index contributed by atoms with van der Waals surface area (Å²) >= 11 is 5.92. The summed E-state index contributed by atoms with van der Waals surface area (Å²) in [5, 5.41) is 11.1. The summed E-state index contributed by atoms with van der Waals surface area (Å²) in [7, 11) is 0. The smallest absolute Gasteiger partial charge is 0.292 e. The van der Waals surface area contributed by atoms with Crippen molar-refractivity contribution in [3.05, 3.63) is 74.6 Å². The average molecular weight is 422 g/mol. The van der Waals surface area contributed by atoms with Gasteiger partial charge in [-0.2, -0.15) is 0 Å². The molecule has 2 aromatic heterocycles. The van der Waals surface area contributed by atoms with E-state index in [0.29, 0.717) is 16.1 Å². The van der Waals surface area contributed by atoms with Crippen LogP contribution in [0.25, 0.3) is 22.2 Å². The maximum absolute atomic E-state index is 12.7. The van der Waals surface area contributed by atoms with Gasteiger partial charge < -0.3 is 4.42 Å². The average Bonchev–Trinajstić information content (AvgIpc) is 3.21. The maximum Gasteiger partial charge on any atom is 0.292 e. The lowest BCUT2D eigenvalue weighted by atomic mass is 9.90. The highest BCUT2D eigenvalue weighted by Gasteiger charge is 2.20. The van der Waals surface area contributed by atoms with Gasteiger partial charge in [-0.05, 0) is 71.4 Å². The Balaban J connectivity index is 1.46. The van der Waals surface area contributed by atoms with Gasteiger partial charge in [-0.1, -0.05) is 23.7 Å². The molecule has 0 fully saturated rings. The quantitative estimate of drug-likeness (QED) is 0.518. The summed E-state index contributed by atoms with van der Waals surface area (Å²) < 4.78 is 10.4. The van der Waals surface area contributed by atoms with E-state index in [1.54, 1.807) is 12.1 Å². The van der Waals surface area contributed by atoms with Crippen molar-refractivity contribution >= 4 is 34.3 Å². The molecule has 5 rings (SSSR count). The van der Waals surface area contributed by atoms with Crippen LogP contribution in [0.15, 0.2) is 56.3 Å². The molecule has 0 aliphatic heterocycles. The van der Waals surface area contributed by atoms with Crippen LogP contribution in [0.4, 0.5) is 5.82 Å². The number of rotatable bonds is 3. The number of nitrogens with zero attached hydrogens (tertiary/aromatic N) is 2. The largest absolute Gasteiger partial charge is 0.451 e. The van der Waals surface area contributed by atoms with Gasteiger partial charge in [-0.15, -0.1) is 0 Å². The predicted octanol–water partition coefficient (Wildman–Crippen LogP) is 4.63. The number of carbonyl (C=O) groups is 1. The van der Waals surface area contributed by atoms with Crippen LogP contribution < -0.4 is 10.7 Å². The number of amides is 1. The predicted molar refractivity (Wildman–Crippen MR) is 112 cm³/mol. The SMILES string of the molecule is O=C(Nc1nonc1-c1ccc2c(c1)CCCC2)c1cc(=O)c2cc(Cl)ccc2o1. The van der Waals surface area contributed by atoms with Crippen LogP contribution in [0, 0.1) is 0 Å². The van der Waals surface area contributed by atoms with Crippen LogP contribution in [0.5, 0.6) is 0 Å². The number of hydrogen-bond acceptors (Lipinski definition) is 6. The minimum absolute atomic E-state index is 0.144. The molecule has 150 valence electrons. The van der Waals surface area contributed by atoms with Crippen molar-refractivity contribution in [2.45, 2.75) is 25.7 Å². The molecule has 0 saturated carbocycles. The molecule has 30 heavy (non-hydrogen) atoms. The number of aryl methyl sites for hydroxylation is 2. The second-order valence-corrected chi connectivity index (χ2v) is 7.66. The van der Waals surface area contributed by atoms with Crippen molar-refractivity contribution in [2.75, 3.05) is 5.32 Å². The van der Waals surface area contributed by atoms with E-state index in [4.69, 9.17) is 20.6 Å². The Labute approximate surface area is 175 Å². The van der Waals surface area contributed by atoms with Gasteiger partial charge in [0.25, 0.3) is 5.91 Å². The van der Waals surface area contributed by atoms with E-state index in [2.05, 4.69) is 27.8 Å². The van der Waals surface area contributed by atoms with Gasteiger partial charge in [0.05, 0.1) is 5.39 Å². The molecule has 4 aromatic rings. The van der Waals surface area contributed by atoms with Crippen LogP contribution in [-0.2, 0) is 12.8 Å². The number of anilines is 1. The van der Waals surface area contributed by atoms with E-state index in [9.17, 15) is 9.59 Å². The second kappa shape index (κ2) is 7.42. The summed E-state index contributed by atoms with van der Waals surface area (Å²) in [5.74, 6) is -0.609. The lowest BCUT2D eigenvalue weighted by Crippen LogP contribution is -2.15. The fraction of sp³-hybridized carbons (Fsp3) is 0.182. The number of fused-ring (bicyclic) bond motifs is 2. The van der Waals surface area contributed by atoms with Crippen molar-refractivity contribution in [1.29, 1.82) is 0 Å². The van der Waals surface area contributed by atoms with Gasteiger partial charge in [0.2, 0.25) is 5.82 Å². The Hall–Kier alpha value is -3.45. The summed E-state index contributed by atoms with van der Waals surface area (Å²) in [6, 6.07) is 11.8. The summed E-state index contributed by atoms with van der Waals surface area (Å²) in [6.45, 7) is 0. The van der Waals surface area contributed by atoms with Gasteiger partial charge in [-0.3, -0.25) is 14.9 Å². The number of hydrogen-bond donors (Lipinski definition) is 1. The lowest BCUT2D eigenvalue weighted by molar-refractivity contribution is 0.0996. The molecule has 8 heteroatoms. The number of nitrogens with one attached hydrogen (secondary N) is 1. The fourth-order valence-corrected chi connectivity index (χ4v) is 3.92. The topological polar surface area (TPSA) is 98.2 Å². The van der Waals surface area contributed by atoms with Crippen LogP contribution in [0.3, 0.4) is 0 Å². The first-order valence-corrected chi connectivity index (χ1v) is 9.96. The molecular formula is C22H16ClN3O4. The highest BCUT2D eigenvalue weighted by atomic mass is 35.5. The van der Waals surface area contributed by atoms with Gasteiger partial charge in [0.1, 0.15) is 5.58 Å². The van der Waals surface area contributed by atoms with Crippen LogP contribution >= 0.6 is 11.6 Å². The Morgan fingerprint density at radius 1 is 1.00 bits per heavy atom. The van der Waals surface area contributed by atoms with E-state index in [1.807, 2.05) is 6.07 Å². The lowest BCUT2D eigenvalue weighted by Gasteiger charge is -2.16. The normalized spacial score (nSPS) is 13.2. The number of carbonyl (C=O) groups excluding carboxylic acids is 1. The van der Waals surface area contributed by atoms with E-state index in [1.165, 1.54) is 23.6 Å². The minimum Gasteiger partial charge on any atom is -0.451 e. The van der Waals surface area contributed by atoms with Gasteiger partial charge in [0, 0.05) is 16.7 Å². The maximum atomic E-state index is 12.7. The Morgan fingerprint density at radius 3 is 2.70 bits per heavy atom. The molecule has 1 N–H and O–H groups in total. The van der Waals surface area contributed by atoms with Crippen molar-refractivity contribution < 1.29 is 13.8 Å². The van der Waals surface area contributed by atoms with Crippen LogP contribution in [0.2, 0.25) is 5.02 Å². The van der Waals surface area contributed by atoms with Crippen LogP contribution in [0.1, 0.15) is 34.5 Å². The Kier molecular flexibility index (Phi) is 4.59. The first kappa shape index (κ1) is 18.6. The Bertz CT molecular complexity index is 1340. The molecule has 2 aromatic carbocycles. The van der Waals surface area contributed by atoms with Crippen molar-refractivity contribution in [1.82, 2.24) is 10.3 Å². The van der Waals surface area contributed by atoms with E-state index < -0.39 is 5.91 Å². The fourth-order valence-electron chi connectivity index (χ4n) is 3.75. The number of halogens is 1. The molecule has 0 saturated heterocycles. The monoisotopic (exact) mass is 421 g/mol. The summed E-state index contributed by atoms with van der Waals surface area (Å²) in [4.78, 5) is 25.1. The molecule has 0 spiro atoms. The van der Waals surface area contributed by atoms with Crippen molar-refractivity contribution in [3.8, 4) is 11.3 Å². The zero-order valence-electron chi connectivity index (χ0n) is 15.8. The molecule has 1 aliphatic rings. The third-order valence-electron chi connectivity index (χ3n) is 5.26. The third kappa shape index (κ3) is 3.37. The number of aromatic nitrogens is 2. The molecule has 7 nitrogen and oxygen atoms in total. The molecule has 1 amide bonds. The highest BCUT2D eigenvalue weighted by Crippen LogP contribution is 2.30. The molecule has 0 bridgehead atoms. The van der Waals surface area contributed by atoms with Gasteiger partial charge >= 0.3 is 0 Å². The van der Waals surface area contributed by atoms with E-state index >= 15 is 0 Å². The van der Waals surface area contributed by atoms with E-state index in [-0.39, 0.29) is 22.6 Å². The van der Waals surface area contributed by atoms with Gasteiger partial charge in [0.15, 0.2) is 16.9 Å². The number of benzene rings is 2. The van der Waals surface area contributed by atoms with Crippen molar-refractivity contribution in [2.24, 2.45) is 0 Å². The molecule has 2 heterocycles. The van der Waals surface area contributed by atoms with Crippen molar-refractivity contribution in [3.63, 3.8) is 0 Å². The highest BCUT2D eigenvalue weighted by molar-refractivity contribution is 6.31. The standard InChI is InChI=1S/C22H16ClN3O4/c23-15-7-8-18-16(10-15)17(27)11-19(29-18)22(28)24-21-20(25-30-26-21)14-6-5-12-3-1-2-4-13(12)9-14/h5-11H,1-4H2,(H,24,26,28). The third-order valence-corrected chi connectivity index (χ3v) is 5.49. The zero-order chi connectivity index (χ0) is 20.7. The molecule has 1 aliphatic carbocycles. The minimum atomic E-state index is -0.626. The van der Waals surface area contributed by atoms with Gasteiger partial charge in [-0.25, -0.2) is 4.63 Å². The molecule has 0 unspecified atom stereocenters. The zero-order valence-corrected chi connectivity index (χ0v) is 16.5. The molecular weight excluding hydrogens is 406 g/mol.